The first-order valence-corrected chi connectivity index (χ1v) is 13.2. The van der Waals surface area contributed by atoms with E-state index in [4.69, 9.17) is 5.41 Å². The number of hydrogen-bond acceptors (Lipinski definition) is 6. The first-order chi connectivity index (χ1) is 16.1. The number of sulfone groups is 1. The molecule has 2 heterocycles. The molecule has 0 unspecified atom stereocenters. The number of carbonyl (C=O) groups is 1. The van der Waals surface area contributed by atoms with Gasteiger partial charge in [0.05, 0.1) is 33.7 Å². The van der Waals surface area contributed by atoms with E-state index in [1.54, 1.807) is 32.2 Å². The largest absolute Gasteiger partial charge is 0.345 e. The number of nitrogens with zero attached hydrogens (tertiary/aromatic N) is 2. The number of guanidine groups is 1. The zero-order valence-electron chi connectivity index (χ0n) is 19.0. The molecule has 1 aromatic heterocycles. The minimum atomic E-state index is -3.36. The molecular weight excluding hydrogens is 468 g/mol. The second kappa shape index (κ2) is 8.70. The molecule has 0 aliphatic carbocycles. The van der Waals surface area contributed by atoms with Crippen LogP contribution in [0.15, 0.2) is 64.9 Å². The maximum Gasteiger partial charge on any atom is 0.239 e. The molecule has 0 radical (unpaired) electrons. The Labute approximate surface area is 203 Å². The van der Waals surface area contributed by atoms with Gasteiger partial charge >= 0.3 is 0 Å². The van der Waals surface area contributed by atoms with Crippen molar-refractivity contribution in [3.63, 3.8) is 0 Å². The lowest BCUT2D eigenvalue weighted by molar-refractivity contribution is -0.131. The fraction of sp³-hybridized carbons (Fsp3) is 0.240. The second-order valence-electron chi connectivity index (χ2n) is 8.37. The van der Waals surface area contributed by atoms with Crippen LogP contribution < -0.4 is 5.32 Å². The number of thiophene rings is 1. The summed E-state index contributed by atoms with van der Waals surface area (Å²) in [5.41, 5.74) is 2.11. The highest BCUT2D eigenvalue weighted by Gasteiger charge is 2.49. The zero-order valence-corrected chi connectivity index (χ0v) is 20.6. The van der Waals surface area contributed by atoms with Crippen molar-refractivity contribution in [2.45, 2.75) is 30.2 Å². The molecule has 3 aromatic rings. The van der Waals surface area contributed by atoms with Crippen LogP contribution in [0.3, 0.4) is 0 Å². The van der Waals surface area contributed by atoms with Gasteiger partial charge in [-0.15, -0.1) is 11.3 Å². The molecule has 0 spiro atoms. The quantitative estimate of drug-likeness (QED) is 0.557. The fourth-order valence-corrected chi connectivity index (χ4v) is 6.15. The first kappa shape index (κ1) is 23.7. The summed E-state index contributed by atoms with van der Waals surface area (Å²) in [7, 11) is -1.81. The van der Waals surface area contributed by atoms with Gasteiger partial charge in [0.1, 0.15) is 0 Å². The smallest absolute Gasteiger partial charge is 0.239 e. The lowest BCUT2D eigenvalue weighted by Crippen LogP contribution is -2.62. The second-order valence-corrected chi connectivity index (χ2v) is 11.6. The lowest BCUT2D eigenvalue weighted by atomic mass is 9.76. The number of likely N-dealkylation sites (N-methyl/N-ethyl adjacent to an activating group) is 1. The first-order valence-electron chi connectivity index (χ1n) is 10.7. The van der Waals surface area contributed by atoms with Crippen LogP contribution in [0.25, 0.3) is 11.1 Å². The number of benzene rings is 2. The predicted octanol–water partition coefficient (Wildman–Crippen LogP) is 4.08. The molecule has 1 amide bonds. The van der Waals surface area contributed by atoms with Crippen molar-refractivity contribution in [3.8, 4) is 17.2 Å². The Hall–Kier alpha value is -3.48. The molecule has 34 heavy (non-hydrogen) atoms. The van der Waals surface area contributed by atoms with E-state index in [1.807, 2.05) is 36.6 Å². The SMILES string of the molecule is CCS(=O)(=O)c1ccc([C@@H]2C(=O)N(C)C(=N)N[C@]2(C)c2cc(-c3cccc(C#N)c3)cs2)cc1. The van der Waals surface area contributed by atoms with Gasteiger partial charge in [0.2, 0.25) is 5.91 Å². The van der Waals surface area contributed by atoms with Gasteiger partial charge in [-0.25, -0.2) is 8.42 Å². The molecule has 1 aliphatic heterocycles. The lowest BCUT2D eigenvalue weighted by Gasteiger charge is -2.45. The van der Waals surface area contributed by atoms with Gasteiger partial charge in [-0.1, -0.05) is 31.2 Å². The summed E-state index contributed by atoms with van der Waals surface area (Å²) in [5, 5.41) is 22.7. The molecule has 2 aromatic carbocycles. The van der Waals surface area contributed by atoms with Gasteiger partial charge in [0.15, 0.2) is 15.8 Å². The fourth-order valence-electron chi connectivity index (χ4n) is 4.20. The van der Waals surface area contributed by atoms with Crippen LogP contribution >= 0.6 is 11.3 Å². The van der Waals surface area contributed by atoms with Gasteiger partial charge < -0.3 is 5.32 Å². The maximum absolute atomic E-state index is 13.4. The van der Waals surface area contributed by atoms with Crippen LogP contribution in [-0.4, -0.2) is 38.0 Å². The number of carbonyl (C=O) groups excluding carboxylic acids is 1. The standard InChI is InChI=1S/C25H24N4O3S2/c1-4-34(31,32)20-10-8-17(9-11-20)22-23(30)29(3)24(27)28-25(22,2)21-13-19(15-33-21)18-7-5-6-16(12-18)14-26/h5-13,15,22H,4H2,1-3H3,(H2,27,28)/t22-,25-/m1/s1. The molecular formula is C25H24N4O3S2. The summed E-state index contributed by atoms with van der Waals surface area (Å²) < 4.78 is 24.5. The average molecular weight is 493 g/mol. The molecule has 4 rings (SSSR count). The summed E-state index contributed by atoms with van der Waals surface area (Å²) in [5.74, 6) is -0.935. The Morgan fingerprint density at radius 3 is 2.53 bits per heavy atom. The Morgan fingerprint density at radius 2 is 1.88 bits per heavy atom. The highest BCUT2D eigenvalue weighted by molar-refractivity contribution is 7.91. The summed E-state index contributed by atoms with van der Waals surface area (Å²) in [6, 6.07) is 17.9. The van der Waals surface area contributed by atoms with Crippen molar-refractivity contribution in [2.24, 2.45) is 0 Å². The van der Waals surface area contributed by atoms with Crippen LogP contribution in [0.2, 0.25) is 0 Å². The van der Waals surface area contributed by atoms with E-state index in [-0.39, 0.29) is 22.5 Å². The van der Waals surface area contributed by atoms with Gasteiger partial charge in [-0.05, 0) is 59.3 Å². The Morgan fingerprint density at radius 1 is 1.18 bits per heavy atom. The topological polar surface area (TPSA) is 114 Å². The van der Waals surface area contributed by atoms with Crippen LogP contribution in [-0.2, 0) is 20.2 Å². The molecule has 1 saturated heterocycles. The van der Waals surface area contributed by atoms with Gasteiger partial charge in [-0.3, -0.25) is 15.1 Å². The Bertz CT molecular complexity index is 1420. The third-order valence-electron chi connectivity index (χ3n) is 6.26. The van der Waals surface area contributed by atoms with Crippen LogP contribution in [0.5, 0.6) is 0 Å². The molecule has 7 nitrogen and oxygen atoms in total. The van der Waals surface area contributed by atoms with Crippen molar-refractivity contribution < 1.29 is 13.2 Å². The van der Waals surface area contributed by atoms with Crippen molar-refractivity contribution >= 4 is 33.0 Å². The Balaban J connectivity index is 1.79. The summed E-state index contributed by atoms with van der Waals surface area (Å²) in [6.45, 7) is 3.48. The number of nitriles is 1. The molecule has 0 bridgehead atoms. The molecule has 2 N–H and O–H groups in total. The minimum absolute atomic E-state index is 0.00114. The van der Waals surface area contributed by atoms with Crippen molar-refractivity contribution in [2.75, 3.05) is 12.8 Å². The highest BCUT2D eigenvalue weighted by atomic mass is 32.2. The van der Waals surface area contributed by atoms with Crippen molar-refractivity contribution in [3.05, 3.63) is 76.0 Å². The highest BCUT2D eigenvalue weighted by Crippen LogP contribution is 2.44. The summed E-state index contributed by atoms with van der Waals surface area (Å²) >= 11 is 1.47. The van der Waals surface area contributed by atoms with E-state index < -0.39 is 21.3 Å². The summed E-state index contributed by atoms with van der Waals surface area (Å²) in [6.07, 6.45) is 0. The number of nitrogens with one attached hydrogen (secondary N) is 2. The third-order valence-corrected chi connectivity index (χ3v) is 9.18. The van der Waals surface area contributed by atoms with E-state index in [0.717, 1.165) is 16.0 Å². The van der Waals surface area contributed by atoms with Crippen molar-refractivity contribution in [1.82, 2.24) is 10.2 Å². The zero-order chi connectivity index (χ0) is 24.7. The molecule has 174 valence electrons. The average Bonchev–Trinajstić information content (AvgIpc) is 3.34. The summed E-state index contributed by atoms with van der Waals surface area (Å²) in [4.78, 5) is 15.8. The normalized spacial score (nSPS) is 20.6. The van der Waals surface area contributed by atoms with Crippen LogP contribution in [0, 0.1) is 16.7 Å². The van der Waals surface area contributed by atoms with Crippen LogP contribution in [0.1, 0.15) is 35.8 Å². The molecule has 1 aliphatic rings. The van der Waals surface area contributed by atoms with Crippen LogP contribution in [0.4, 0.5) is 0 Å². The van der Waals surface area contributed by atoms with E-state index >= 15 is 0 Å². The number of amides is 1. The Kier molecular flexibility index (Phi) is 6.06. The molecule has 2 atom stereocenters. The van der Waals surface area contributed by atoms with Gasteiger partial charge in [0.25, 0.3) is 0 Å². The van der Waals surface area contributed by atoms with E-state index in [9.17, 15) is 18.5 Å². The van der Waals surface area contributed by atoms with E-state index in [2.05, 4.69) is 11.4 Å². The molecule has 9 heteroatoms. The van der Waals surface area contributed by atoms with Gasteiger partial charge in [0, 0.05) is 11.9 Å². The molecule has 1 fully saturated rings. The van der Waals surface area contributed by atoms with E-state index in [0.29, 0.717) is 11.1 Å². The maximum atomic E-state index is 13.4. The monoisotopic (exact) mass is 492 g/mol. The third kappa shape index (κ3) is 4.00. The van der Waals surface area contributed by atoms with Crippen molar-refractivity contribution in [1.29, 1.82) is 10.7 Å². The number of rotatable bonds is 5. The number of hydrogen-bond donors (Lipinski definition) is 2. The molecule has 0 saturated carbocycles. The predicted molar refractivity (Wildman–Crippen MR) is 132 cm³/mol. The van der Waals surface area contributed by atoms with Gasteiger partial charge in [-0.2, -0.15) is 5.26 Å². The van der Waals surface area contributed by atoms with E-state index in [1.165, 1.54) is 28.4 Å². The minimum Gasteiger partial charge on any atom is -0.345 e.